The van der Waals surface area contributed by atoms with E-state index in [4.69, 9.17) is 10.4 Å². The Labute approximate surface area is 155 Å². The van der Waals surface area contributed by atoms with Gasteiger partial charge in [0.1, 0.15) is 12.0 Å². The number of hydrogen-bond donors (Lipinski definition) is 5. The molecule has 5 N–H and O–H groups in total. The van der Waals surface area contributed by atoms with Crippen LogP contribution < -0.4 is 15.8 Å². The smallest absolute Gasteiger partial charge is 0.340 e. The van der Waals surface area contributed by atoms with Gasteiger partial charge in [0.25, 0.3) is 5.82 Å². The van der Waals surface area contributed by atoms with E-state index in [-0.39, 0.29) is 17.7 Å². The summed E-state index contributed by atoms with van der Waals surface area (Å²) in [5, 5.41) is 40.8. The Balaban J connectivity index is 1.61. The monoisotopic (exact) mass is 383 g/mol. The SMILES string of the molecule is Cc1ncc([NH+]([O-])O)n1CCNC(=O)CCCCCn1ccnc1[NH+]([O-])O. The predicted octanol–water partition coefficient (Wildman–Crippen LogP) is -1.43. The number of nitrogens with zero attached hydrogens (tertiary/aromatic N) is 4. The molecule has 0 aliphatic heterocycles. The van der Waals surface area contributed by atoms with Gasteiger partial charge in [-0.25, -0.2) is 15.4 Å². The third-order valence-electron chi connectivity index (χ3n) is 4.14. The van der Waals surface area contributed by atoms with Crippen molar-refractivity contribution in [2.75, 3.05) is 6.54 Å². The number of unbranched alkanes of at least 4 members (excludes halogenated alkanes) is 2. The normalized spacial score (nSPS) is 13.5. The summed E-state index contributed by atoms with van der Waals surface area (Å²) in [5.74, 6) is 0.602. The van der Waals surface area contributed by atoms with Gasteiger partial charge in [0.05, 0.1) is 6.20 Å². The second-order valence-electron chi connectivity index (χ2n) is 6.06. The Morgan fingerprint density at radius 2 is 1.96 bits per heavy atom. The van der Waals surface area contributed by atoms with Gasteiger partial charge in [-0.1, -0.05) is 6.42 Å². The van der Waals surface area contributed by atoms with Gasteiger partial charge in [-0.05, 0) is 19.8 Å². The average molecular weight is 383 g/mol. The van der Waals surface area contributed by atoms with Gasteiger partial charge in [0.2, 0.25) is 5.91 Å². The van der Waals surface area contributed by atoms with Crippen LogP contribution in [0.15, 0.2) is 18.6 Å². The molecular weight excluding hydrogens is 358 g/mol. The van der Waals surface area contributed by atoms with E-state index in [0.717, 1.165) is 12.8 Å². The molecule has 2 unspecified atom stereocenters. The van der Waals surface area contributed by atoms with Crippen LogP contribution in [0.1, 0.15) is 31.5 Å². The standard InChI is InChI=1S/C15H25N7O5/c1-12-18-11-14(21(24)25)20(12)10-7-16-13(23)5-3-2-4-8-19-9-6-17-15(19)22(26)27/h6,9,11,21-22,24,26H,2-5,7-8,10H2,1H3,(H,16,23). The zero-order valence-corrected chi connectivity index (χ0v) is 15.1. The molecule has 0 fully saturated rings. The molecule has 0 saturated heterocycles. The summed E-state index contributed by atoms with van der Waals surface area (Å²) in [6.07, 6.45) is 6.97. The van der Waals surface area contributed by atoms with Crippen LogP contribution in [0.3, 0.4) is 0 Å². The minimum Gasteiger partial charge on any atom is -0.594 e. The molecule has 2 rings (SSSR count). The van der Waals surface area contributed by atoms with Crippen LogP contribution in [0.25, 0.3) is 0 Å². The van der Waals surface area contributed by atoms with Gasteiger partial charge in [-0.15, -0.1) is 0 Å². The quantitative estimate of drug-likeness (QED) is 0.235. The second-order valence-corrected chi connectivity index (χ2v) is 6.06. The summed E-state index contributed by atoms with van der Waals surface area (Å²) >= 11 is 0. The minimum atomic E-state index is -1.06. The molecule has 2 aromatic rings. The van der Waals surface area contributed by atoms with Crippen molar-refractivity contribution < 1.29 is 25.7 Å². The second kappa shape index (κ2) is 10.1. The lowest BCUT2D eigenvalue weighted by atomic mass is 10.2. The van der Waals surface area contributed by atoms with E-state index < -0.39 is 10.5 Å². The summed E-state index contributed by atoms with van der Waals surface area (Å²) in [6, 6.07) is 0. The summed E-state index contributed by atoms with van der Waals surface area (Å²) in [7, 11) is 0. The third-order valence-corrected chi connectivity index (χ3v) is 4.14. The van der Waals surface area contributed by atoms with Gasteiger partial charge in [-0.2, -0.15) is 15.4 Å². The van der Waals surface area contributed by atoms with Crippen LogP contribution in [-0.2, 0) is 17.9 Å². The van der Waals surface area contributed by atoms with E-state index in [1.165, 1.54) is 12.4 Å². The molecule has 12 heteroatoms. The fourth-order valence-corrected chi connectivity index (χ4v) is 2.75. The van der Waals surface area contributed by atoms with E-state index in [2.05, 4.69) is 15.3 Å². The first-order valence-electron chi connectivity index (χ1n) is 8.66. The van der Waals surface area contributed by atoms with Crippen LogP contribution in [0.5, 0.6) is 0 Å². The maximum atomic E-state index is 11.9. The topological polar surface area (TPSA) is 160 Å². The Morgan fingerprint density at radius 1 is 1.19 bits per heavy atom. The van der Waals surface area contributed by atoms with Crippen molar-refractivity contribution in [3.8, 4) is 0 Å². The lowest BCUT2D eigenvalue weighted by molar-refractivity contribution is -0.995. The van der Waals surface area contributed by atoms with Crippen molar-refractivity contribution in [3.05, 3.63) is 34.8 Å². The maximum Gasteiger partial charge on any atom is 0.340 e. The highest BCUT2D eigenvalue weighted by molar-refractivity contribution is 5.75. The summed E-state index contributed by atoms with van der Waals surface area (Å²) < 4.78 is 3.13. The molecule has 0 aromatic carbocycles. The number of aryl methyl sites for hydroxylation is 2. The molecule has 1 amide bonds. The van der Waals surface area contributed by atoms with Crippen LogP contribution in [0.2, 0.25) is 0 Å². The number of carbonyl (C=O) groups is 1. The van der Waals surface area contributed by atoms with Crippen molar-refractivity contribution >= 4 is 17.7 Å². The molecule has 2 aromatic heterocycles. The Hall–Kier alpha value is -2.35. The number of aromatic nitrogens is 4. The predicted molar refractivity (Wildman–Crippen MR) is 92.2 cm³/mol. The first-order chi connectivity index (χ1) is 12.9. The molecule has 27 heavy (non-hydrogen) atoms. The molecule has 2 heterocycles. The fourth-order valence-electron chi connectivity index (χ4n) is 2.75. The van der Waals surface area contributed by atoms with E-state index >= 15 is 0 Å². The van der Waals surface area contributed by atoms with Crippen LogP contribution in [0.4, 0.5) is 11.8 Å². The van der Waals surface area contributed by atoms with Crippen molar-refractivity contribution in [1.82, 2.24) is 24.4 Å². The van der Waals surface area contributed by atoms with E-state index in [1.807, 2.05) is 0 Å². The zero-order valence-electron chi connectivity index (χ0n) is 15.1. The summed E-state index contributed by atoms with van der Waals surface area (Å²) in [5.41, 5.74) is 0. The summed E-state index contributed by atoms with van der Waals surface area (Å²) in [6.45, 7) is 2.93. The molecular formula is C15H25N7O5. The number of rotatable bonds is 11. The van der Waals surface area contributed by atoms with Gasteiger partial charge in [-0.3, -0.25) is 13.9 Å². The number of hydrogen-bond acceptors (Lipinski definition) is 7. The Kier molecular flexibility index (Phi) is 7.84. The van der Waals surface area contributed by atoms with Crippen molar-refractivity contribution in [1.29, 1.82) is 0 Å². The molecule has 150 valence electrons. The van der Waals surface area contributed by atoms with Gasteiger partial charge < -0.3 is 15.7 Å². The Bertz CT molecular complexity index is 728. The first kappa shape index (κ1) is 21.0. The first-order valence-corrected chi connectivity index (χ1v) is 8.66. The van der Waals surface area contributed by atoms with Crippen molar-refractivity contribution in [3.63, 3.8) is 0 Å². The lowest BCUT2D eigenvalue weighted by Gasteiger charge is -2.14. The maximum absolute atomic E-state index is 11.9. The third kappa shape index (κ3) is 6.09. The van der Waals surface area contributed by atoms with Gasteiger partial charge >= 0.3 is 5.95 Å². The highest BCUT2D eigenvalue weighted by Crippen LogP contribution is 2.07. The van der Waals surface area contributed by atoms with E-state index in [0.29, 0.717) is 38.3 Å². The lowest BCUT2D eigenvalue weighted by Crippen LogP contribution is -3.00. The van der Waals surface area contributed by atoms with Crippen molar-refractivity contribution in [2.24, 2.45) is 0 Å². The molecule has 0 spiro atoms. The van der Waals surface area contributed by atoms with Crippen LogP contribution >= 0.6 is 0 Å². The molecule has 0 aliphatic carbocycles. The van der Waals surface area contributed by atoms with E-state index in [1.54, 1.807) is 22.3 Å². The number of nitrogens with one attached hydrogen (secondary N) is 3. The van der Waals surface area contributed by atoms with Gasteiger partial charge in [0.15, 0.2) is 0 Å². The zero-order chi connectivity index (χ0) is 19.8. The number of carbonyl (C=O) groups excluding carboxylic acids is 1. The minimum absolute atomic E-state index is 0.0169. The highest BCUT2D eigenvalue weighted by atomic mass is 16.8. The fraction of sp³-hybridized carbons (Fsp3) is 0.533. The molecule has 0 aliphatic rings. The largest absolute Gasteiger partial charge is 0.594 e. The Morgan fingerprint density at radius 3 is 2.67 bits per heavy atom. The van der Waals surface area contributed by atoms with E-state index in [9.17, 15) is 15.2 Å². The average Bonchev–Trinajstić information content (AvgIpc) is 3.22. The summed E-state index contributed by atoms with van der Waals surface area (Å²) in [4.78, 5) is 19.6. The molecule has 12 nitrogen and oxygen atoms in total. The molecule has 0 radical (unpaired) electrons. The number of quaternary nitrogens is 2. The molecule has 0 saturated carbocycles. The molecule has 2 atom stereocenters. The van der Waals surface area contributed by atoms with Crippen LogP contribution in [0, 0.1) is 17.3 Å². The number of amides is 1. The highest BCUT2D eigenvalue weighted by Gasteiger charge is 2.12. The van der Waals surface area contributed by atoms with Crippen LogP contribution in [-0.4, -0.2) is 42.0 Å². The van der Waals surface area contributed by atoms with Gasteiger partial charge in [0, 0.05) is 32.3 Å². The van der Waals surface area contributed by atoms with Crippen molar-refractivity contribution in [2.45, 2.75) is 45.7 Å². The number of imidazole rings is 2. The molecule has 0 bridgehead atoms.